The number of rotatable bonds is 4. The van der Waals surface area contributed by atoms with Gasteiger partial charge in [0.2, 0.25) is 0 Å². The normalized spacial score (nSPS) is 21.8. The predicted molar refractivity (Wildman–Crippen MR) is 136 cm³/mol. The molecule has 2 aromatic heterocycles. The molecule has 4 heterocycles. The fraction of sp³-hybridized carbons (Fsp3) is 0.519. The molecule has 9 heteroatoms. The van der Waals surface area contributed by atoms with Gasteiger partial charge >= 0.3 is 6.09 Å². The van der Waals surface area contributed by atoms with Crippen molar-refractivity contribution in [2.24, 2.45) is 12.5 Å². The van der Waals surface area contributed by atoms with Gasteiger partial charge in [-0.05, 0) is 32.3 Å². The van der Waals surface area contributed by atoms with Gasteiger partial charge in [-0.25, -0.2) is 14.2 Å². The first-order chi connectivity index (χ1) is 17.4. The van der Waals surface area contributed by atoms with Gasteiger partial charge in [0.25, 0.3) is 0 Å². The molecule has 36 heavy (non-hydrogen) atoms. The number of anilines is 1. The highest BCUT2D eigenvalue weighted by Gasteiger charge is 2.51. The molecule has 2 aliphatic heterocycles. The molecular formula is C27H33FN6O2. The summed E-state index contributed by atoms with van der Waals surface area (Å²) in [5.41, 5.74) is 2.83. The van der Waals surface area contributed by atoms with Crippen LogP contribution in [0.1, 0.15) is 26.2 Å². The standard InChI is InChI=1S/C27H33FN6O2/c1-3-36-26(35)34-17-27(18-34)8-7-21(14-27)32-9-11-33(12-10-32)25-23(13-20(28)15-29-25)22-6-4-5-19-16-31(2)30-24(19)22/h4-6,13,15-16,21H,3,7-12,14,17-18H2,1-2H3/t21-/m1/s1. The van der Waals surface area contributed by atoms with Crippen LogP contribution >= 0.6 is 0 Å². The summed E-state index contributed by atoms with van der Waals surface area (Å²) >= 11 is 0. The Kier molecular flexibility index (Phi) is 5.82. The van der Waals surface area contributed by atoms with E-state index in [9.17, 15) is 9.18 Å². The summed E-state index contributed by atoms with van der Waals surface area (Å²) in [5.74, 6) is 0.482. The molecule has 1 amide bonds. The molecule has 1 saturated carbocycles. The number of benzene rings is 1. The maximum atomic E-state index is 14.4. The number of likely N-dealkylation sites (tertiary alicyclic amines) is 1. The highest BCUT2D eigenvalue weighted by molar-refractivity contribution is 5.96. The molecule has 1 aliphatic carbocycles. The second kappa shape index (κ2) is 9.03. The van der Waals surface area contributed by atoms with Crippen molar-refractivity contribution in [2.45, 2.75) is 32.2 Å². The molecule has 1 aromatic carbocycles. The Labute approximate surface area is 210 Å². The van der Waals surface area contributed by atoms with E-state index < -0.39 is 0 Å². The van der Waals surface area contributed by atoms with Crippen LogP contribution in [0.5, 0.6) is 0 Å². The molecule has 3 aromatic rings. The number of carbonyl (C=O) groups is 1. The molecule has 0 bridgehead atoms. The van der Waals surface area contributed by atoms with Crippen LogP contribution in [0.2, 0.25) is 0 Å². The Bertz CT molecular complexity index is 1280. The minimum atomic E-state index is -0.339. The fourth-order valence-electron chi connectivity index (χ4n) is 6.45. The lowest BCUT2D eigenvalue weighted by atomic mass is 9.78. The third kappa shape index (κ3) is 4.09. The predicted octanol–water partition coefficient (Wildman–Crippen LogP) is 3.91. The van der Waals surface area contributed by atoms with Gasteiger partial charge in [-0.15, -0.1) is 0 Å². The zero-order valence-corrected chi connectivity index (χ0v) is 21.0. The van der Waals surface area contributed by atoms with Crippen molar-refractivity contribution in [3.05, 3.63) is 42.5 Å². The van der Waals surface area contributed by atoms with Gasteiger partial charge in [0.1, 0.15) is 17.2 Å². The summed E-state index contributed by atoms with van der Waals surface area (Å²) in [7, 11) is 1.90. The van der Waals surface area contributed by atoms with Gasteiger partial charge in [0, 0.05) is 80.5 Å². The number of hydrogen-bond donors (Lipinski definition) is 0. The quantitative estimate of drug-likeness (QED) is 0.550. The maximum absolute atomic E-state index is 14.4. The van der Waals surface area contributed by atoms with E-state index in [1.54, 1.807) is 10.7 Å². The highest BCUT2D eigenvalue weighted by atomic mass is 19.1. The lowest BCUT2D eigenvalue weighted by Gasteiger charge is -2.48. The number of carbonyl (C=O) groups excluding carboxylic acids is 1. The van der Waals surface area contributed by atoms with Crippen LogP contribution < -0.4 is 4.90 Å². The molecule has 3 aliphatic rings. The molecule has 1 spiro atoms. The van der Waals surface area contributed by atoms with Crippen LogP contribution in [0.3, 0.4) is 0 Å². The Morgan fingerprint density at radius 1 is 1.19 bits per heavy atom. The van der Waals surface area contributed by atoms with Gasteiger partial charge < -0.3 is 14.5 Å². The number of pyridine rings is 1. The average molecular weight is 493 g/mol. The van der Waals surface area contributed by atoms with Crippen LogP contribution in [0.15, 0.2) is 36.7 Å². The lowest BCUT2D eigenvalue weighted by Crippen LogP contribution is -2.58. The Morgan fingerprint density at radius 3 is 2.78 bits per heavy atom. The van der Waals surface area contributed by atoms with Gasteiger partial charge in [-0.2, -0.15) is 5.10 Å². The van der Waals surface area contributed by atoms with E-state index >= 15 is 0 Å². The number of amides is 1. The summed E-state index contributed by atoms with van der Waals surface area (Å²) < 4.78 is 21.3. The number of aryl methyl sites for hydroxylation is 1. The van der Waals surface area contributed by atoms with E-state index in [2.05, 4.69) is 19.9 Å². The number of aromatic nitrogens is 3. The SMILES string of the molecule is CCOC(=O)N1CC2(CC[C@@H](N3CCN(c4ncc(F)cc4-c4cccc5cn(C)nc45)CC3)C2)C1. The minimum Gasteiger partial charge on any atom is -0.450 e. The highest BCUT2D eigenvalue weighted by Crippen LogP contribution is 2.47. The number of fused-ring (bicyclic) bond motifs is 1. The van der Waals surface area contributed by atoms with Gasteiger partial charge in [-0.1, -0.05) is 18.2 Å². The minimum absolute atomic E-state index is 0.177. The van der Waals surface area contributed by atoms with Crippen molar-refractivity contribution < 1.29 is 13.9 Å². The van der Waals surface area contributed by atoms with E-state index in [4.69, 9.17) is 4.74 Å². The van der Waals surface area contributed by atoms with E-state index in [0.29, 0.717) is 12.6 Å². The monoisotopic (exact) mass is 492 g/mol. The number of nitrogens with zero attached hydrogens (tertiary/aromatic N) is 6. The summed E-state index contributed by atoms with van der Waals surface area (Å²) in [5, 5.41) is 5.66. The third-order valence-electron chi connectivity index (χ3n) is 8.16. The van der Waals surface area contributed by atoms with Gasteiger partial charge in [0.05, 0.1) is 12.8 Å². The zero-order chi connectivity index (χ0) is 24.9. The van der Waals surface area contributed by atoms with Gasteiger partial charge in [0.15, 0.2) is 0 Å². The molecule has 6 rings (SSSR count). The number of hydrogen-bond acceptors (Lipinski definition) is 6. The van der Waals surface area contributed by atoms with Crippen LogP contribution in [0.4, 0.5) is 15.0 Å². The van der Waals surface area contributed by atoms with Crippen molar-refractivity contribution >= 4 is 22.8 Å². The first-order valence-corrected chi connectivity index (χ1v) is 12.9. The van der Waals surface area contributed by atoms with E-state index in [0.717, 1.165) is 73.5 Å². The first-order valence-electron chi connectivity index (χ1n) is 12.9. The van der Waals surface area contributed by atoms with Crippen molar-refractivity contribution in [3.63, 3.8) is 0 Å². The molecule has 0 unspecified atom stereocenters. The zero-order valence-electron chi connectivity index (χ0n) is 21.0. The molecule has 0 N–H and O–H groups in total. The smallest absolute Gasteiger partial charge is 0.409 e. The molecule has 3 fully saturated rings. The molecule has 8 nitrogen and oxygen atoms in total. The third-order valence-corrected chi connectivity index (χ3v) is 8.16. The second-order valence-corrected chi connectivity index (χ2v) is 10.5. The molecule has 2 saturated heterocycles. The molecule has 0 radical (unpaired) electrons. The number of ether oxygens (including phenoxy) is 1. The fourth-order valence-corrected chi connectivity index (χ4v) is 6.45. The Morgan fingerprint density at radius 2 is 2.00 bits per heavy atom. The van der Waals surface area contributed by atoms with E-state index in [1.165, 1.54) is 19.0 Å². The van der Waals surface area contributed by atoms with Crippen molar-refractivity contribution in [1.29, 1.82) is 0 Å². The van der Waals surface area contributed by atoms with Crippen LogP contribution in [-0.4, -0.2) is 82.6 Å². The lowest BCUT2D eigenvalue weighted by molar-refractivity contribution is -0.00294. The Balaban J connectivity index is 1.14. The number of halogens is 1. The Hall–Kier alpha value is -3.20. The van der Waals surface area contributed by atoms with Gasteiger partial charge in [-0.3, -0.25) is 9.58 Å². The van der Waals surface area contributed by atoms with E-state index in [1.807, 2.05) is 43.3 Å². The first kappa shape index (κ1) is 23.2. The average Bonchev–Trinajstić information content (AvgIpc) is 3.47. The van der Waals surface area contributed by atoms with E-state index in [-0.39, 0.29) is 17.3 Å². The van der Waals surface area contributed by atoms with Crippen molar-refractivity contribution in [3.8, 4) is 11.1 Å². The molecule has 1 atom stereocenters. The largest absolute Gasteiger partial charge is 0.450 e. The van der Waals surface area contributed by atoms with Crippen molar-refractivity contribution in [1.82, 2.24) is 24.6 Å². The van der Waals surface area contributed by atoms with Crippen LogP contribution in [-0.2, 0) is 11.8 Å². The van der Waals surface area contributed by atoms with Crippen LogP contribution in [0.25, 0.3) is 22.0 Å². The van der Waals surface area contributed by atoms with Crippen molar-refractivity contribution in [2.75, 3.05) is 50.8 Å². The van der Waals surface area contributed by atoms with Crippen LogP contribution in [0, 0.1) is 11.2 Å². The molecule has 190 valence electrons. The topological polar surface area (TPSA) is 66.7 Å². The summed E-state index contributed by atoms with van der Waals surface area (Å²) in [6.45, 7) is 7.53. The summed E-state index contributed by atoms with van der Waals surface area (Å²) in [4.78, 5) is 23.3. The maximum Gasteiger partial charge on any atom is 0.409 e. The summed E-state index contributed by atoms with van der Waals surface area (Å²) in [6.07, 6.45) is 6.61. The second-order valence-electron chi connectivity index (χ2n) is 10.5. The number of piperazine rings is 1. The summed E-state index contributed by atoms with van der Waals surface area (Å²) in [6, 6.07) is 8.16. The molecular weight excluding hydrogens is 459 g/mol.